The highest BCUT2D eigenvalue weighted by molar-refractivity contribution is 5.89. The van der Waals surface area contributed by atoms with Crippen molar-refractivity contribution in [2.24, 2.45) is 0 Å². The van der Waals surface area contributed by atoms with Crippen molar-refractivity contribution >= 4 is 11.9 Å². The first-order chi connectivity index (χ1) is 23.3. The Morgan fingerprint density at radius 1 is 0.792 bits per heavy atom. The molecular weight excluding hydrogens is 614 g/mol. The van der Waals surface area contributed by atoms with Crippen molar-refractivity contribution in [2.45, 2.75) is 70.4 Å². The molecule has 3 aromatic carbocycles. The van der Waals surface area contributed by atoms with E-state index < -0.39 is 24.0 Å². The van der Waals surface area contributed by atoms with Crippen LogP contribution in [0, 0.1) is 0 Å². The minimum atomic E-state index is -0.707. The van der Waals surface area contributed by atoms with Crippen LogP contribution in [0.2, 0.25) is 0 Å². The first-order valence-corrected chi connectivity index (χ1v) is 16.6. The van der Waals surface area contributed by atoms with Crippen LogP contribution in [0.15, 0.2) is 54.6 Å². The van der Waals surface area contributed by atoms with Crippen molar-refractivity contribution in [3.63, 3.8) is 0 Å². The Hall–Kier alpha value is -4.60. The van der Waals surface area contributed by atoms with Crippen LogP contribution in [0.5, 0.6) is 34.5 Å². The maximum absolute atomic E-state index is 14.3. The molecule has 0 bridgehead atoms. The molecule has 0 saturated carbocycles. The predicted molar refractivity (Wildman–Crippen MR) is 183 cm³/mol. The number of esters is 1. The molecule has 48 heavy (non-hydrogen) atoms. The lowest BCUT2D eigenvalue weighted by Crippen LogP contribution is -2.50. The highest BCUT2D eigenvalue weighted by Gasteiger charge is 2.38. The first kappa shape index (κ1) is 36.2. The Kier molecular flexibility index (Phi) is 13.2. The Morgan fingerprint density at radius 3 is 2.12 bits per heavy atom. The van der Waals surface area contributed by atoms with Gasteiger partial charge in [-0.2, -0.15) is 0 Å². The molecule has 0 spiro atoms. The van der Waals surface area contributed by atoms with E-state index >= 15 is 0 Å². The number of aryl methyl sites for hydroxylation is 1. The zero-order valence-electron chi connectivity index (χ0n) is 29.2. The van der Waals surface area contributed by atoms with Gasteiger partial charge < -0.3 is 38.1 Å². The maximum Gasteiger partial charge on any atom is 0.329 e. The van der Waals surface area contributed by atoms with Gasteiger partial charge in [0.1, 0.15) is 17.9 Å². The fourth-order valence-corrected chi connectivity index (χ4v) is 6.31. The van der Waals surface area contributed by atoms with Gasteiger partial charge in [0.15, 0.2) is 23.0 Å². The number of carbonyl (C=O) groups excluding carboxylic acids is 2. The highest BCUT2D eigenvalue weighted by atomic mass is 16.5. The van der Waals surface area contributed by atoms with Gasteiger partial charge in [0, 0.05) is 6.54 Å². The Balaban J connectivity index is 1.60. The average molecular weight is 664 g/mol. The quantitative estimate of drug-likeness (QED) is 0.151. The lowest BCUT2D eigenvalue weighted by molar-refractivity contribution is -0.162. The second-order valence-electron chi connectivity index (χ2n) is 11.6. The summed E-state index contributed by atoms with van der Waals surface area (Å²) in [6.07, 6.45) is 3.23. The number of amides is 1. The summed E-state index contributed by atoms with van der Waals surface area (Å²) < 4.78 is 39.6. The van der Waals surface area contributed by atoms with Crippen molar-refractivity contribution in [2.75, 3.05) is 48.7 Å². The van der Waals surface area contributed by atoms with E-state index in [1.807, 2.05) is 56.3 Å². The van der Waals surface area contributed by atoms with Gasteiger partial charge >= 0.3 is 5.97 Å². The van der Waals surface area contributed by atoms with Crippen LogP contribution in [0.4, 0.5) is 0 Å². The number of benzene rings is 3. The van der Waals surface area contributed by atoms with Gasteiger partial charge in [0.25, 0.3) is 0 Å². The van der Waals surface area contributed by atoms with Crippen LogP contribution < -0.4 is 28.4 Å². The molecule has 1 aliphatic heterocycles. The number of methoxy groups -OCH3 is 5. The molecule has 0 aliphatic carbocycles. The molecule has 1 amide bonds. The maximum atomic E-state index is 14.3. The van der Waals surface area contributed by atoms with Crippen molar-refractivity contribution in [1.29, 1.82) is 0 Å². The molecule has 10 nitrogen and oxygen atoms in total. The molecule has 3 aromatic rings. The molecule has 3 unspecified atom stereocenters. The molecule has 0 aromatic heterocycles. The number of likely N-dealkylation sites (tertiary alicyclic amines) is 1. The zero-order chi connectivity index (χ0) is 34.6. The summed E-state index contributed by atoms with van der Waals surface area (Å²) in [4.78, 5) is 30.1. The average Bonchev–Trinajstić information content (AvgIpc) is 3.12. The van der Waals surface area contributed by atoms with Gasteiger partial charge in [-0.25, -0.2) is 4.79 Å². The van der Waals surface area contributed by atoms with E-state index in [9.17, 15) is 9.59 Å². The topological polar surface area (TPSA) is 102 Å². The molecule has 260 valence electrons. The molecule has 0 radical (unpaired) electrons. The predicted octanol–water partition coefficient (Wildman–Crippen LogP) is 6.92. The lowest BCUT2D eigenvalue weighted by atomic mass is 9.91. The summed E-state index contributed by atoms with van der Waals surface area (Å²) in [5.41, 5.74) is 2.57. The van der Waals surface area contributed by atoms with E-state index in [1.165, 1.54) is 0 Å². The number of carbonyl (C=O) groups is 2. The zero-order valence-corrected chi connectivity index (χ0v) is 29.2. The monoisotopic (exact) mass is 663 g/mol. The highest BCUT2D eigenvalue weighted by Crippen LogP contribution is 2.41. The van der Waals surface area contributed by atoms with Crippen molar-refractivity contribution in [3.05, 3.63) is 71.3 Å². The molecule has 0 N–H and O–H groups in total. The molecule has 4 rings (SSSR count). The van der Waals surface area contributed by atoms with Gasteiger partial charge in [0.2, 0.25) is 11.7 Å². The number of hydrogen-bond donors (Lipinski definition) is 0. The van der Waals surface area contributed by atoms with Crippen LogP contribution in [0.25, 0.3) is 0 Å². The third-order valence-corrected chi connectivity index (χ3v) is 8.80. The largest absolute Gasteiger partial charge is 0.494 e. The molecule has 1 saturated heterocycles. The SMILES string of the molecule is CCOc1cccc(C(CCc2ccc(OC)c(OC)c2)OC(=O)C2CCCCN2C(=O)C(CC)c2cc(OC)c(OC)c(OC)c2)c1. The van der Waals surface area contributed by atoms with Crippen LogP contribution >= 0.6 is 0 Å². The Labute approximate surface area is 284 Å². The third kappa shape index (κ3) is 8.45. The fourth-order valence-electron chi connectivity index (χ4n) is 6.31. The molecule has 10 heteroatoms. The summed E-state index contributed by atoms with van der Waals surface area (Å²) >= 11 is 0. The van der Waals surface area contributed by atoms with E-state index in [1.54, 1.807) is 52.6 Å². The van der Waals surface area contributed by atoms with E-state index in [0.717, 1.165) is 29.5 Å². The molecule has 1 fully saturated rings. The van der Waals surface area contributed by atoms with Crippen LogP contribution in [0.3, 0.4) is 0 Å². The van der Waals surface area contributed by atoms with Gasteiger partial charge in [-0.1, -0.05) is 25.1 Å². The van der Waals surface area contributed by atoms with Crippen LogP contribution in [-0.4, -0.2) is 71.5 Å². The first-order valence-electron chi connectivity index (χ1n) is 16.6. The molecule has 1 aliphatic rings. The molecule has 3 atom stereocenters. The van der Waals surface area contributed by atoms with Crippen molar-refractivity contribution in [1.82, 2.24) is 4.90 Å². The normalized spacial score (nSPS) is 15.6. The van der Waals surface area contributed by atoms with Gasteiger partial charge in [-0.05, 0) is 98.5 Å². The summed E-state index contributed by atoms with van der Waals surface area (Å²) in [5.74, 6) is 2.32. The van der Waals surface area contributed by atoms with Gasteiger partial charge in [0.05, 0.1) is 48.1 Å². The Bertz CT molecular complexity index is 1500. The standard InChI is InChI=1S/C38H49NO9/c1-8-29(27-23-34(44-5)36(46-7)35(24-27)45-6)37(40)39-20-11-10-15-30(39)38(41)48-31(26-13-12-14-28(22-26)47-9-2)18-16-25-17-19-32(42-3)33(21-25)43-4/h12-14,17,19,21-24,29-31H,8-11,15-16,18,20H2,1-7H3. The summed E-state index contributed by atoms with van der Waals surface area (Å²) in [6.45, 7) is 4.87. The molecular formula is C38H49NO9. The van der Waals surface area contributed by atoms with Gasteiger partial charge in [-0.15, -0.1) is 0 Å². The lowest BCUT2D eigenvalue weighted by Gasteiger charge is -2.37. The number of piperidine rings is 1. The smallest absolute Gasteiger partial charge is 0.329 e. The van der Waals surface area contributed by atoms with Crippen molar-refractivity contribution < 1.29 is 42.7 Å². The number of rotatable bonds is 16. The van der Waals surface area contributed by atoms with Crippen LogP contribution in [-0.2, 0) is 20.7 Å². The fraction of sp³-hybridized carbons (Fsp3) is 0.474. The minimum Gasteiger partial charge on any atom is -0.494 e. The second kappa shape index (κ2) is 17.5. The van der Waals surface area contributed by atoms with Gasteiger partial charge in [-0.3, -0.25) is 4.79 Å². The number of nitrogens with zero attached hydrogens (tertiary/aromatic N) is 1. The van der Waals surface area contributed by atoms with E-state index in [2.05, 4.69) is 0 Å². The van der Waals surface area contributed by atoms with E-state index in [4.69, 9.17) is 33.2 Å². The summed E-state index contributed by atoms with van der Waals surface area (Å²) in [5, 5.41) is 0. The van der Waals surface area contributed by atoms with E-state index in [-0.39, 0.29) is 5.91 Å². The summed E-state index contributed by atoms with van der Waals surface area (Å²) in [6, 6.07) is 16.3. The molecule has 1 heterocycles. The second-order valence-corrected chi connectivity index (χ2v) is 11.6. The number of ether oxygens (including phenoxy) is 7. The summed E-state index contributed by atoms with van der Waals surface area (Å²) in [7, 11) is 7.84. The Morgan fingerprint density at radius 2 is 1.50 bits per heavy atom. The third-order valence-electron chi connectivity index (χ3n) is 8.80. The number of hydrogen-bond acceptors (Lipinski definition) is 9. The van der Waals surface area contributed by atoms with Crippen LogP contribution in [0.1, 0.15) is 74.7 Å². The van der Waals surface area contributed by atoms with Crippen molar-refractivity contribution in [3.8, 4) is 34.5 Å². The minimum absolute atomic E-state index is 0.131. The van der Waals surface area contributed by atoms with E-state index in [0.29, 0.717) is 73.3 Å².